The van der Waals surface area contributed by atoms with E-state index in [1.807, 2.05) is 0 Å². The number of anilines is 2. The quantitative estimate of drug-likeness (QED) is 0.579. The molecule has 1 aliphatic rings. The Bertz CT molecular complexity index is 1140. The van der Waals surface area contributed by atoms with Gasteiger partial charge in [0.05, 0.1) is 21.5 Å². The largest absolute Gasteiger partial charge is 0.298 e. The van der Waals surface area contributed by atoms with Crippen molar-refractivity contribution in [3.8, 4) is 11.3 Å². The minimum atomic E-state index is -3.24. The van der Waals surface area contributed by atoms with Crippen molar-refractivity contribution in [1.82, 2.24) is 4.98 Å². The highest BCUT2D eigenvalue weighted by molar-refractivity contribution is 7.93. The molecule has 1 saturated heterocycles. The van der Waals surface area contributed by atoms with Gasteiger partial charge in [0.2, 0.25) is 10.0 Å². The van der Waals surface area contributed by atoms with E-state index in [1.165, 1.54) is 27.0 Å². The normalized spacial score (nSPS) is 15.7. The van der Waals surface area contributed by atoms with Crippen LogP contribution in [0.1, 0.15) is 16.8 Å². The maximum Gasteiger partial charge on any atom is 0.257 e. The Morgan fingerprint density at radius 1 is 1.21 bits per heavy atom. The molecule has 1 aliphatic heterocycles. The van der Waals surface area contributed by atoms with Gasteiger partial charge in [0.15, 0.2) is 5.13 Å². The van der Waals surface area contributed by atoms with E-state index in [0.717, 1.165) is 5.56 Å². The van der Waals surface area contributed by atoms with Crippen LogP contribution in [0, 0.1) is 0 Å². The molecule has 0 unspecified atom stereocenters. The molecule has 6 nitrogen and oxygen atoms in total. The number of nitrogens with zero attached hydrogens (tertiary/aromatic N) is 2. The Morgan fingerprint density at radius 2 is 1.96 bits per heavy atom. The lowest BCUT2D eigenvalue weighted by atomic mass is 10.2. The van der Waals surface area contributed by atoms with E-state index in [-0.39, 0.29) is 11.7 Å². The van der Waals surface area contributed by atoms with Gasteiger partial charge in [-0.25, -0.2) is 13.4 Å². The zero-order valence-corrected chi connectivity index (χ0v) is 18.1. The molecule has 0 spiro atoms. The molecule has 0 atom stereocenters. The molecule has 0 radical (unpaired) electrons. The van der Waals surface area contributed by atoms with Crippen LogP contribution in [-0.4, -0.2) is 31.6 Å². The lowest BCUT2D eigenvalue weighted by Gasteiger charge is -2.16. The van der Waals surface area contributed by atoms with Gasteiger partial charge in [-0.2, -0.15) is 0 Å². The third kappa shape index (κ3) is 3.90. The average Bonchev–Trinajstić information content (AvgIpc) is 3.33. The summed E-state index contributed by atoms with van der Waals surface area (Å²) in [5.41, 5.74) is 2.34. The molecule has 1 aromatic carbocycles. The number of hydrogen-bond acceptors (Lipinski definition) is 6. The third-order valence-corrected chi connectivity index (χ3v) is 8.29. The third-order valence-electron chi connectivity index (χ3n) is 4.17. The molecule has 28 heavy (non-hydrogen) atoms. The van der Waals surface area contributed by atoms with E-state index in [1.54, 1.807) is 35.7 Å². The van der Waals surface area contributed by atoms with Crippen molar-refractivity contribution in [3.63, 3.8) is 0 Å². The SMILES string of the molecule is O=C(Nc1nc(-c2cc(Cl)sc2Cl)cs1)c1ccc(N2CCCS2(=O)=O)cc1. The van der Waals surface area contributed by atoms with E-state index in [9.17, 15) is 13.2 Å². The maximum absolute atomic E-state index is 12.5. The number of nitrogens with one attached hydrogen (secondary N) is 1. The number of sulfonamides is 1. The Balaban J connectivity index is 1.48. The van der Waals surface area contributed by atoms with E-state index >= 15 is 0 Å². The average molecular weight is 474 g/mol. The number of thiophene rings is 1. The Kier molecular flexibility index (Phi) is 5.36. The van der Waals surface area contributed by atoms with Gasteiger partial charge in [0.1, 0.15) is 4.34 Å². The summed E-state index contributed by atoms with van der Waals surface area (Å²) >= 11 is 14.6. The molecule has 3 aromatic rings. The smallest absolute Gasteiger partial charge is 0.257 e. The number of amides is 1. The van der Waals surface area contributed by atoms with Gasteiger partial charge in [-0.05, 0) is 36.8 Å². The van der Waals surface area contributed by atoms with E-state index in [4.69, 9.17) is 23.2 Å². The van der Waals surface area contributed by atoms with Crippen molar-refractivity contribution in [1.29, 1.82) is 0 Å². The van der Waals surface area contributed by atoms with Crippen LogP contribution in [0.25, 0.3) is 11.3 Å². The lowest BCUT2D eigenvalue weighted by molar-refractivity contribution is 0.102. The summed E-state index contributed by atoms with van der Waals surface area (Å²) in [6, 6.07) is 8.21. The molecule has 1 N–H and O–H groups in total. The Labute approximate surface area is 179 Å². The highest BCUT2D eigenvalue weighted by Crippen LogP contribution is 2.39. The van der Waals surface area contributed by atoms with Crippen molar-refractivity contribution in [2.75, 3.05) is 21.9 Å². The van der Waals surface area contributed by atoms with E-state index < -0.39 is 10.0 Å². The number of carbonyl (C=O) groups is 1. The number of halogens is 2. The number of aromatic nitrogens is 1. The molecule has 0 bridgehead atoms. The summed E-state index contributed by atoms with van der Waals surface area (Å²) in [4.78, 5) is 16.9. The topological polar surface area (TPSA) is 79.4 Å². The predicted octanol–water partition coefficient (Wildman–Crippen LogP) is 4.97. The van der Waals surface area contributed by atoms with Crippen LogP contribution < -0.4 is 9.62 Å². The summed E-state index contributed by atoms with van der Waals surface area (Å²) in [5.74, 6) is -0.174. The molecule has 0 aliphatic carbocycles. The van der Waals surface area contributed by atoms with Crippen LogP contribution in [0.4, 0.5) is 10.8 Å². The molecule has 0 saturated carbocycles. The van der Waals surface area contributed by atoms with Crippen LogP contribution in [0.3, 0.4) is 0 Å². The molecule has 11 heteroatoms. The number of carbonyl (C=O) groups excluding carboxylic acids is 1. The van der Waals surface area contributed by atoms with Crippen molar-refractivity contribution >= 4 is 72.6 Å². The fourth-order valence-corrected chi connectivity index (χ4v) is 6.60. The first-order valence-corrected chi connectivity index (χ1v) is 12.2. The molecule has 4 rings (SSSR count). The standard InChI is InChI=1S/C17H13Cl2N3O3S3/c18-14-8-12(15(19)27-14)13-9-26-17(20-13)21-16(23)10-2-4-11(5-3-10)22-6-1-7-28(22,24)25/h2-5,8-9H,1,6-7H2,(H,20,21,23). The van der Waals surface area contributed by atoms with Gasteiger partial charge in [-0.15, -0.1) is 22.7 Å². The molecular weight excluding hydrogens is 461 g/mol. The minimum Gasteiger partial charge on any atom is -0.298 e. The van der Waals surface area contributed by atoms with Crippen LogP contribution in [0.15, 0.2) is 35.7 Å². The monoisotopic (exact) mass is 473 g/mol. The Hall–Kier alpha value is -1.65. The van der Waals surface area contributed by atoms with Crippen LogP contribution in [-0.2, 0) is 10.0 Å². The number of benzene rings is 1. The summed E-state index contributed by atoms with van der Waals surface area (Å²) in [7, 11) is -3.24. The second kappa shape index (κ2) is 7.64. The van der Waals surface area contributed by atoms with Gasteiger partial charge in [0, 0.05) is 23.1 Å². The van der Waals surface area contributed by atoms with E-state index in [2.05, 4.69) is 10.3 Å². The van der Waals surface area contributed by atoms with Gasteiger partial charge in [0.25, 0.3) is 5.91 Å². The summed E-state index contributed by atoms with van der Waals surface area (Å²) in [6.07, 6.45) is 0.607. The van der Waals surface area contributed by atoms with Crippen molar-refractivity contribution in [2.24, 2.45) is 0 Å². The van der Waals surface area contributed by atoms with Gasteiger partial charge < -0.3 is 0 Å². The fourth-order valence-electron chi connectivity index (χ4n) is 2.85. The van der Waals surface area contributed by atoms with Gasteiger partial charge in [-0.3, -0.25) is 14.4 Å². The highest BCUT2D eigenvalue weighted by Gasteiger charge is 2.28. The molecule has 1 fully saturated rings. The zero-order chi connectivity index (χ0) is 19.9. The van der Waals surface area contributed by atoms with Crippen molar-refractivity contribution in [2.45, 2.75) is 6.42 Å². The first kappa shape index (κ1) is 19.7. The zero-order valence-electron chi connectivity index (χ0n) is 14.2. The van der Waals surface area contributed by atoms with E-state index in [0.29, 0.717) is 43.7 Å². The van der Waals surface area contributed by atoms with Crippen LogP contribution in [0.5, 0.6) is 0 Å². The molecular formula is C17H13Cl2N3O3S3. The second-order valence-corrected chi connectivity index (χ2v) is 11.2. The highest BCUT2D eigenvalue weighted by atomic mass is 35.5. The molecule has 1 amide bonds. The van der Waals surface area contributed by atoms with Crippen LogP contribution in [0.2, 0.25) is 8.67 Å². The number of thiazole rings is 1. The second-order valence-electron chi connectivity index (χ2n) is 6.02. The van der Waals surface area contributed by atoms with Crippen molar-refractivity contribution < 1.29 is 13.2 Å². The van der Waals surface area contributed by atoms with Gasteiger partial charge >= 0.3 is 0 Å². The first-order chi connectivity index (χ1) is 13.3. The lowest BCUT2D eigenvalue weighted by Crippen LogP contribution is -2.25. The van der Waals surface area contributed by atoms with Crippen molar-refractivity contribution in [3.05, 3.63) is 49.9 Å². The molecule has 3 heterocycles. The van der Waals surface area contributed by atoms with Gasteiger partial charge in [-0.1, -0.05) is 23.2 Å². The first-order valence-electron chi connectivity index (χ1n) is 8.16. The van der Waals surface area contributed by atoms with Crippen LogP contribution >= 0.6 is 45.9 Å². The molecule has 2 aromatic heterocycles. The summed E-state index contributed by atoms with van der Waals surface area (Å²) < 4.78 is 26.5. The minimum absolute atomic E-state index is 0.154. The summed E-state index contributed by atoms with van der Waals surface area (Å²) in [6.45, 7) is 0.463. The number of hydrogen-bond donors (Lipinski definition) is 1. The fraction of sp³-hybridized carbons (Fsp3) is 0.176. The summed E-state index contributed by atoms with van der Waals surface area (Å²) in [5, 5.41) is 4.97. The predicted molar refractivity (Wildman–Crippen MR) is 116 cm³/mol. The molecule has 146 valence electrons. The maximum atomic E-state index is 12.5. The number of rotatable bonds is 4. The Morgan fingerprint density at radius 3 is 2.57 bits per heavy atom.